The van der Waals surface area contributed by atoms with E-state index >= 15 is 0 Å². The number of thioether (sulfide) groups is 4. The van der Waals surface area contributed by atoms with Crippen LogP contribution in [0.25, 0.3) is 0 Å². The molecule has 0 aromatic heterocycles. The number of hydrogen-bond acceptors (Lipinski definition) is 6. The van der Waals surface area contributed by atoms with Crippen LogP contribution in [-0.2, 0) is 30.6 Å². The second-order valence-electron chi connectivity index (χ2n) is 10.6. The van der Waals surface area contributed by atoms with E-state index in [1.807, 2.05) is 0 Å². The minimum atomic E-state index is 0. The Balaban J connectivity index is -0.00000127. The van der Waals surface area contributed by atoms with Gasteiger partial charge in [0.15, 0.2) is 0 Å². The van der Waals surface area contributed by atoms with Gasteiger partial charge in [-0.05, 0) is 67.7 Å². The van der Waals surface area contributed by atoms with Gasteiger partial charge in [0.25, 0.3) is 0 Å². The molecule has 1 heterocycles. The van der Waals surface area contributed by atoms with Gasteiger partial charge in [-0.15, -0.1) is 0 Å². The average Bonchev–Trinajstić information content (AvgIpc) is 2.56. The Morgan fingerprint density at radius 2 is 0.586 bits per heavy atom. The summed E-state index contributed by atoms with van der Waals surface area (Å²) < 4.78 is 0. The monoisotopic (exact) mass is 712 g/mol. The molecule has 1 aliphatic heterocycles. The molecule has 178 valence electrons. The van der Waals surface area contributed by atoms with E-state index in [0.29, 0.717) is 21.7 Å². The van der Waals surface area contributed by atoms with Crippen LogP contribution in [0.15, 0.2) is 0 Å². The van der Waals surface area contributed by atoms with Gasteiger partial charge in [-0.25, -0.2) is 0 Å². The Bertz CT molecular complexity index is 307. The van der Waals surface area contributed by atoms with Crippen LogP contribution >= 0.6 is 56.9 Å². The summed E-state index contributed by atoms with van der Waals surface area (Å²) in [5.41, 5.74) is 1.78. The zero-order chi connectivity index (χ0) is 22.5. The molecule has 1 fully saturated rings. The van der Waals surface area contributed by atoms with Crippen LogP contribution in [0.4, 0.5) is 0 Å². The van der Waals surface area contributed by atoms with Gasteiger partial charge in [-0.3, -0.25) is 0 Å². The maximum atomic E-state index is 4.09. The quantitative estimate of drug-likeness (QED) is 0.199. The SMILES string of the molecule is CC1(C)CSCC(C)(C)CSCC(C)(C)CSCC(C)(C)CSC1.C[S-].[I-].[S]=[Mo]. The summed E-state index contributed by atoms with van der Waals surface area (Å²) in [7, 11) is 4.09. The van der Waals surface area contributed by atoms with Crippen molar-refractivity contribution in [3.05, 3.63) is 0 Å². The zero-order valence-corrected chi connectivity index (χ0v) is 29.0. The van der Waals surface area contributed by atoms with Crippen LogP contribution in [0.2, 0.25) is 0 Å². The van der Waals surface area contributed by atoms with Gasteiger partial charge in [0.1, 0.15) is 0 Å². The first kappa shape index (κ1) is 36.9. The molecule has 1 saturated heterocycles. The van der Waals surface area contributed by atoms with Crippen molar-refractivity contribution in [1.82, 2.24) is 0 Å². The fourth-order valence-corrected chi connectivity index (χ4v) is 8.74. The summed E-state index contributed by atoms with van der Waals surface area (Å²) in [6.07, 6.45) is 1.58. The topological polar surface area (TPSA) is 0 Å². The van der Waals surface area contributed by atoms with Crippen molar-refractivity contribution < 1.29 is 42.0 Å². The molecule has 0 saturated carbocycles. The molecule has 0 aliphatic carbocycles. The third kappa shape index (κ3) is 21.6. The molecule has 0 nitrogen and oxygen atoms in total. The predicted molar refractivity (Wildman–Crippen MR) is 145 cm³/mol. The van der Waals surface area contributed by atoms with E-state index in [1.54, 1.807) is 6.26 Å². The third-order valence-corrected chi connectivity index (χ3v) is 11.8. The van der Waals surface area contributed by atoms with Gasteiger partial charge in [-0.2, -0.15) is 53.3 Å². The van der Waals surface area contributed by atoms with Gasteiger partial charge in [-0.1, -0.05) is 55.4 Å². The van der Waals surface area contributed by atoms with Crippen molar-refractivity contribution in [2.24, 2.45) is 21.7 Å². The second kappa shape index (κ2) is 18.7. The van der Waals surface area contributed by atoms with Gasteiger partial charge in [0, 0.05) is 0 Å². The molecule has 29 heavy (non-hydrogen) atoms. The molecule has 0 unspecified atom stereocenters. The van der Waals surface area contributed by atoms with E-state index in [1.165, 1.54) is 64.0 Å². The molecule has 0 aromatic rings. The fourth-order valence-electron chi connectivity index (χ4n) is 2.58. The molecule has 0 N–H and O–H groups in total. The first-order valence-corrected chi connectivity index (χ1v) is 17.9. The minimum absolute atomic E-state index is 0. The Kier molecular flexibility index (Phi) is 23.8. The Hall–Kier alpha value is 3.39. The molecule has 0 amide bonds. The summed E-state index contributed by atoms with van der Waals surface area (Å²) in [5, 5.41) is 0. The zero-order valence-electron chi connectivity index (χ0n) is 19.9. The van der Waals surface area contributed by atoms with Crippen LogP contribution in [0.5, 0.6) is 0 Å². The van der Waals surface area contributed by atoms with Crippen LogP contribution in [0.1, 0.15) is 55.4 Å². The van der Waals surface area contributed by atoms with Crippen LogP contribution in [0, 0.1) is 21.7 Å². The summed E-state index contributed by atoms with van der Waals surface area (Å²) in [5.74, 6) is 10.3. The van der Waals surface area contributed by atoms with Crippen LogP contribution in [0.3, 0.4) is 0 Å². The Labute approximate surface area is 238 Å². The predicted octanol–water partition coefficient (Wildman–Crippen LogP) is 4.85. The molecular formula is C21H43IMoS6-2. The van der Waals surface area contributed by atoms with Crippen LogP contribution < -0.4 is 24.0 Å². The average molecular weight is 711 g/mol. The summed E-state index contributed by atoms with van der Waals surface area (Å²) in [6, 6.07) is 0. The number of halogens is 1. The van der Waals surface area contributed by atoms with Crippen molar-refractivity contribution in [3.63, 3.8) is 0 Å². The summed E-state index contributed by atoms with van der Waals surface area (Å²) in [4.78, 5) is 0. The summed E-state index contributed by atoms with van der Waals surface area (Å²) in [6.45, 7) is 19.6. The van der Waals surface area contributed by atoms with Crippen LogP contribution in [-0.4, -0.2) is 52.3 Å². The van der Waals surface area contributed by atoms with Gasteiger partial charge >= 0.3 is 27.8 Å². The Morgan fingerprint density at radius 3 is 0.690 bits per heavy atom. The molecule has 0 bridgehead atoms. The molecule has 0 radical (unpaired) electrons. The number of hydrogen-bond donors (Lipinski definition) is 0. The van der Waals surface area contributed by atoms with Gasteiger partial charge in [0.2, 0.25) is 0 Å². The van der Waals surface area contributed by atoms with Gasteiger partial charge < -0.3 is 36.6 Å². The molecule has 1 aliphatic rings. The van der Waals surface area contributed by atoms with E-state index in [9.17, 15) is 0 Å². The maximum absolute atomic E-state index is 4.09. The van der Waals surface area contributed by atoms with Crippen molar-refractivity contribution in [2.75, 3.05) is 52.3 Å². The van der Waals surface area contributed by atoms with E-state index in [2.05, 4.69) is 125 Å². The molecule has 8 heteroatoms. The molecule has 0 spiro atoms. The van der Waals surface area contributed by atoms with E-state index in [-0.39, 0.29) is 24.0 Å². The normalized spacial score (nSPS) is 24.3. The van der Waals surface area contributed by atoms with E-state index in [4.69, 9.17) is 0 Å². The molecule has 0 aromatic carbocycles. The molecular weight excluding hydrogens is 667 g/mol. The van der Waals surface area contributed by atoms with Crippen molar-refractivity contribution in [2.45, 2.75) is 55.4 Å². The second-order valence-corrected chi connectivity index (χ2v) is 14.6. The standard InChI is InChI=1S/C20H40S4.CH4S.HI.Mo.S/c1-17(2)9-21-11-18(3,4)13-23-15-20(7,8)16-24-14-19(5,6)12-22-10-17;1-2;;;/h9-16H2,1-8H3;2H,1H3;1H;;/p-2. The van der Waals surface area contributed by atoms with Crippen molar-refractivity contribution in [1.29, 1.82) is 0 Å². The third-order valence-electron chi connectivity index (χ3n) is 3.94. The fraction of sp³-hybridized carbons (Fsp3) is 1.00. The van der Waals surface area contributed by atoms with Crippen molar-refractivity contribution >= 4 is 69.5 Å². The molecule has 0 atom stereocenters. The van der Waals surface area contributed by atoms with E-state index in [0.717, 1.165) is 0 Å². The van der Waals surface area contributed by atoms with Gasteiger partial charge in [0.05, 0.1) is 0 Å². The number of rotatable bonds is 0. The first-order chi connectivity index (χ1) is 12.8. The Morgan fingerprint density at radius 1 is 0.483 bits per heavy atom. The van der Waals surface area contributed by atoms with E-state index < -0.39 is 0 Å². The molecule has 1 rings (SSSR count). The van der Waals surface area contributed by atoms with Crippen molar-refractivity contribution in [3.8, 4) is 0 Å². The summed E-state index contributed by atoms with van der Waals surface area (Å²) >= 11 is 14.3. The first-order valence-electron chi connectivity index (χ1n) is 9.71.